The minimum absolute atomic E-state index is 0.0594. The Bertz CT molecular complexity index is 387. The maximum absolute atomic E-state index is 12.5. The molecule has 0 spiro atoms. The number of hydrogen-bond donors (Lipinski definition) is 0. The molecule has 0 aliphatic heterocycles. The van der Waals surface area contributed by atoms with Crippen LogP contribution in [0, 0.1) is 0 Å². The summed E-state index contributed by atoms with van der Waals surface area (Å²) in [6.45, 7) is 0. The summed E-state index contributed by atoms with van der Waals surface area (Å²) in [5.41, 5.74) is -1.52. The van der Waals surface area contributed by atoms with Crippen LogP contribution >= 0.6 is 15.9 Å². The smallest absolute Gasteiger partial charge is 0.417 e. The number of carbonyl (C=O) groups is 1. The predicted molar refractivity (Wildman–Crippen MR) is 50.5 cm³/mol. The Morgan fingerprint density at radius 1 is 1.40 bits per heavy atom. The van der Waals surface area contributed by atoms with E-state index in [1.807, 2.05) is 0 Å². The minimum atomic E-state index is -4.58. The highest BCUT2D eigenvalue weighted by Crippen LogP contribution is 2.35. The van der Waals surface area contributed by atoms with Crippen LogP contribution in [-0.4, -0.2) is 13.1 Å². The Morgan fingerprint density at radius 2 is 2.00 bits per heavy atom. The maximum Gasteiger partial charge on any atom is 0.417 e. The Kier molecular flexibility index (Phi) is 3.38. The monoisotopic (exact) mass is 282 g/mol. The molecule has 0 N–H and O–H groups in total. The standard InChI is InChI=1S/C9H6BrF3O2/c1-15-8(14)7-5(9(11,12)13)3-2-4-6(7)10/h2-4H,1H3. The van der Waals surface area contributed by atoms with Crippen LogP contribution in [-0.2, 0) is 10.9 Å². The van der Waals surface area contributed by atoms with Gasteiger partial charge >= 0.3 is 12.1 Å². The summed E-state index contributed by atoms with van der Waals surface area (Å²) in [5, 5.41) is 0. The number of methoxy groups -OCH3 is 1. The van der Waals surface area contributed by atoms with Gasteiger partial charge in [0.1, 0.15) is 0 Å². The molecule has 1 aromatic carbocycles. The minimum Gasteiger partial charge on any atom is -0.465 e. The van der Waals surface area contributed by atoms with Crippen molar-refractivity contribution in [1.29, 1.82) is 0 Å². The number of rotatable bonds is 1. The van der Waals surface area contributed by atoms with Gasteiger partial charge in [-0.3, -0.25) is 0 Å². The average Bonchev–Trinajstić information content (AvgIpc) is 2.15. The molecule has 1 aromatic rings. The third-order valence-electron chi connectivity index (χ3n) is 1.71. The highest BCUT2D eigenvalue weighted by molar-refractivity contribution is 9.10. The Morgan fingerprint density at radius 3 is 2.47 bits per heavy atom. The van der Waals surface area contributed by atoms with Gasteiger partial charge in [-0.25, -0.2) is 4.79 Å². The van der Waals surface area contributed by atoms with Gasteiger partial charge in [-0.15, -0.1) is 0 Å². The van der Waals surface area contributed by atoms with Crippen LogP contribution in [0.1, 0.15) is 15.9 Å². The van der Waals surface area contributed by atoms with Crippen molar-refractivity contribution in [2.24, 2.45) is 0 Å². The first kappa shape index (κ1) is 12.0. The molecule has 0 radical (unpaired) electrons. The molecule has 0 heterocycles. The van der Waals surface area contributed by atoms with Gasteiger partial charge < -0.3 is 4.74 Å². The summed E-state index contributed by atoms with van der Waals surface area (Å²) in [7, 11) is 1.03. The Balaban J connectivity index is 3.40. The number of benzene rings is 1. The lowest BCUT2D eigenvalue weighted by Gasteiger charge is -2.12. The number of esters is 1. The van der Waals surface area contributed by atoms with Crippen molar-refractivity contribution in [1.82, 2.24) is 0 Å². The first-order chi connectivity index (χ1) is 6.88. The Hall–Kier alpha value is -1.04. The summed E-state index contributed by atoms with van der Waals surface area (Å²) < 4.78 is 41.8. The molecule has 0 amide bonds. The van der Waals surface area contributed by atoms with E-state index in [0.29, 0.717) is 0 Å². The third kappa shape index (κ3) is 2.50. The summed E-state index contributed by atoms with van der Waals surface area (Å²) >= 11 is 2.88. The second kappa shape index (κ2) is 4.22. The zero-order valence-electron chi connectivity index (χ0n) is 7.56. The predicted octanol–water partition coefficient (Wildman–Crippen LogP) is 3.25. The van der Waals surface area contributed by atoms with E-state index in [1.165, 1.54) is 12.1 Å². The van der Waals surface area contributed by atoms with Crippen molar-refractivity contribution in [3.05, 3.63) is 33.8 Å². The fourth-order valence-electron chi connectivity index (χ4n) is 1.07. The summed E-state index contributed by atoms with van der Waals surface area (Å²) in [6, 6.07) is 3.39. The largest absolute Gasteiger partial charge is 0.465 e. The molecular weight excluding hydrogens is 277 g/mol. The fourth-order valence-corrected chi connectivity index (χ4v) is 1.60. The second-order valence-electron chi connectivity index (χ2n) is 2.65. The lowest BCUT2D eigenvalue weighted by atomic mass is 10.1. The highest BCUT2D eigenvalue weighted by Gasteiger charge is 2.36. The lowest BCUT2D eigenvalue weighted by molar-refractivity contribution is -0.138. The van der Waals surface area contributed by atoms with E-state index in [-0.39, 0.29) is 4.47 Å². The van der Waals surface area contributed by atoms with E-state index in [2.05, 4.69) is 20.7 Å². The van der Waals surface area contributed by atoms with Crippen LogP contribution < -0.4 is 0 Å². The molecule has 0 bridgehead atoms. The van der Waals surface area contributed by atoms with Crippen molar-refractivity contribution in [2.45, 2.75) is 6.18 Å². The molecule has 0 aliphatic rings. The molecule has 82 valence electrons. The normalized spacial score (nSPS) is 11.3. The van der Waals surface area contributed by atoms with Crippen LogP contribution in [0.2, 0.25) is 0 Å². The summed E-state index contributed by atoms with van der Waals surface area (Å²) in [6.07, 6.45) is -4.58. The molecule has 0 unspecified atom stereocenters. The van der Waals surface area contributed by atoms with E-state index in [1.54, 1.807) is 0 Å². The lowest BCUT2D eigenvalue weighted by Crippen LogP contribution is -2.14. The van der Waals surface area contributed by atoms with E-state index in [0.717, 1.165) is 13.2 Å². The van der Waals surface area contributed by atoms with Gasteiger partial charge in [0, 0.05) is 4.47 Å². The molecule has 2 nitrogen and oxygen atoms in total. The van der Waals surface area contributed by atoms with E-state index in [9.17, 15) is 18.0 Å². The second-order valence-corrected chi connectivity index (χ2v) is 3.51. The first-order valence-corrected chi connectivity index (χ1v) is 4.61. The third-order valence-corrected chi connectivity index (χ3v) is 2.37. The first-order valence-electron chi connectivity index (χ1n) is 3.82. The SMILES string of the molecule is COC(=O)c1c(Br)cccc1C(F)(F)F. The van der Waals surface area contributed by atoms with Gasteiger partial charge in [0.25, 0.3) is 0 Å². The van der Waals surface area contributed by atoms with Gasteiger partial charge in [-0.05, 0) is 28.1 Å². The summed E-state index contributed by atoms with van der Waals surface area (Å²) in [4.78, 5) is 11.1. The van der Waals surface area contributed by atoms with E-state index < -0.39 is 23.3 Å². The molecule has 0 saturated carbocycles. The van der Waals surface area contributed by atoms with Crippen molar-refractivity contribution in [3.8, 4) is 0 Å². The number of carbonyl (C=O) groups excluding carboxylic acids is 1. The molecule has 0 fully saturated rings. The van der Waals surface area contributed by atoms with Crippen LogP contribution in [0.25, 0.3) is 0 Å². The molecule has 1 rings (SSSR count). The number of ether oxygens (including phenoxy) is 1. The van der Waals surface area contributed by atoms with Crippen LogP contribution in [0.4, 0.5) is 13.2 Å². The van der Waals surface area contributed by atoms with Crippen molar-refractivity contribution >= 4 is 21.9 Å². The number of halogens is 4. The topological polar surface area (TPSA) is 26.3 Å². The van der Waals surface area contributed by atoms with Crippen molar-refractivity contribution < 1.29 is 22.7 Å². The van der Waals surface area contributed by atoms with Crippen molar-refractivity contribution in [2.75, 3.05) is 7.11 Å². The molecular formula is C9H6BrF3O2. The maximum atomic E-state index is 12.5. The molecule has 0 saturated heterocycles. The molecule has 0 aromatic heterocycles. The zero-order chi connectivity index (χ0) is 11.6. The highest BCUT2D eigenvalue weighted by atomic mass is 79.9. The van der Waals surface area contributed by atoms with Crippen LogP contribution in [0.3, 0.4) is 0 Å². The van der Waals surface area contributed by atoms with Crippen LogP contribution in [0.5, 0.6) is 0 Å². The quantitative estimate of drug-likeness (QED) is 0.739. The zero-order valence-corrected chi connectivity index (χ0v) is 9.15. The number of alkyl halides is 3. The molecule has 6 heteroatoms. The van der Waals surface area contributed by atoms with Crippen molar-refractivity contribution in [3.63, 3.8) is 0 Å². The molecule has 0 atom stereocenters. The molecule has 15 heavy (non-hydrogen) atoms. The van der Waals surface area contributed by atoms with Gasteiger partial charge in [-0.2, -0.15) is 13.2 Å². The van der Waals surface area contributed by atoms with Crippen LogP contribution in [0.15, 0.2) is 22.7 Å². The summed E-state index contributed by atoms with van der Waals surface area (Å²) in [5.74, 6) is -1.02. The van der Waals surface area contributed by atoms with Gasteiger partial charge in [-0.1, -0.05) is 6.07 Å². The van der Waals surface area contributed by atoms with Gasteiger partial charge in [0.2, 0.25) is 0 Å². The number of hydrogen-bond acceptors (Lipinski definition) is 2. The van der Waals surface area contributed by atoms with Gasteiger partial charge in [0.05, 0.1) is 18.2 Å². The fraction of sp³-hybridized carbons (Fsp3) is 0.222. The van der Waals surface area contributed by atoms with Gasteiger partial charge in [0.15, 0.2) is 0 Å². The average molecular weight is 283 g/mol. The van der Waals surface area contributed by atoms with E-state index >= 15 is 0 Å². The van der Waals surface area contributed by atoms with E-state index in [4.69, 9.17) is 0 Å². The molecule has 0 aliphatic carbocycles. The Labute approximate surface area is 92.2 Å².